The van der Waals surface area contributed by atoms with Crippen molar-refractivity contribution in [2.75, 3.05) is 19.0 Å². The fourth-order valence-corrected chi connectivity index (χ4v) is 2.63. The molecule has 124 valence electrons. The number of nitrogens with zero attached hydrogens (tertiary/aromatic N) is 3. The minimum absolute atomic E-state index is 0.0322. The Morgan fingerprint density at radius 2 is 2.04 bits per heavy atom. The lowest BCUT2D eigenvalue weighted by Gasteiger charge is -2.11. The summed E-state index contributed by atoms with van der Waals surface area (Å²) in [5, 5.41) is 1.56. The van der Waals surface area contributed by atoms with E-state index in [0.717, 1.165) is 11.4 Å². The number of thiazole rings is 1. The number of aryl methyl sites for hydroxylation is 1. The fraction of sp³-hybridized carbons (Fsp3) is 0.357. The van der Waals surface area contributed by atoms with E-state index in [1.54, 1.807) is 18.3 Å². The van der Waals surface area contributed by atoms with Crippen molar-refractivity contribution in [2.24, 2.45) is 0 Å². The summed E-state index contributed by atoms with van der Waals surface area (Å²) in [5.41, 5.74) is 0.822. The summed E-state index contributed by atoms with van der Waals surface area (Å²) in [5.74, 6) is 0.195. The number of carbonyl (C=O) groups excluding carboxylic acids is 1. The van der Waals surface area contributed by atoms with E-state index in [4.69, 9.17) is 0 Å². The summed E-state index contributed by atoms with van der Waals surface area (Å²) in [6.07, 6.45) is -2.93. The highest BCUT2D eigenvalue weighted by molar-refractivity contribution is 7.13. The molecule has 0 spiro atoms. The van der Waals surface area contributed by atoms with Crippen LogP contribution in [0.5, 0.6) is 0 Å². The topological polar surface area (TPSA) is 58.1 Å². The maximum Gasteiger partial charge on any atom is 0.443 e. The number of alkyl halides is 3. The summed E-state index contributed by atoms with van der Waals surface area (Å²) in [7, 11) is 3.71. The van der Waals surface area contributed by atoms with Crippen LogP contribution in [0.4, 0.5) is 19.0 Å². The molecule has 0 saturated carbocycles. The van der Waals surface area contributed by atoms with Gasteiger partial charge in [-0.15, -0.1) is 11.3 Å². The Labute approximate surface area is 135 Å². The highest BCUT2D eigenvalue weighted by Gasteiger charge is 2.36. The van der Waals surface area contributed by atoms with Crippen molar-refractivity contribution in [3.8, 4) is 0 Å². The predicted octanol–water partition coefficient (Wildman–Crippen LogP) is 2.86. The molecular weight excluding hydrogens is 329 g/mol. The normalized spacial score (nSPS) is 11.4. The lowest BCUT2D eigenvalue weighted by Crippen LogP contribution is -2.22. The molecule has 0 bridgehead atoms. The zero-order valence-electron chi connectivity index (χ0n) is 12.7. The van der Waals surface area contributed by atoms with Crippen LogP contribution in [0.15, 0.2) is 18.3 Å². The molecule has 0 unspecified atom stereocenters. The fourth-order valence-electron chi connectivity index (χ4n) is 1.78. The van der Waals surface area contributed by atoms with E-state index in [-0.39, 0.29) is 17.1 Å². The van der Waals surface area contributed by atoms with E-state index in [1.165, 1.54) is 6.92 Å². The molecule has 2 aromatic rings. The second kappa shape index (κ2) is 6.53. The first-order chi connectivity index (χ1) is 10.7. The number of pyridine rings is 1. The molecule has 0 saturated heterocycles. The van der Waals surface area contributed by atoms with Crippen molar-refractivity contribution in [1.29, 1.82) is 0 Å². The van der Waals surface area contributed by atoms with Crippen LogP contribution in [0.25, 0.3) is 0 Å². The monoisotopic (exact) mass is 344 g/mol. The van der Waals surface area contributed by atoms with Crippen LogP contribution in [0.2, 0.25) is 0 Å². The quantitative estimate of drug-likeness (QED) is 0.927. The van der Waals surface area contributed by atoms with Gasteiger partial charge in [0, 0.05) is 26.8 Å². The molecule has 0 aliphatic heterocycles. The molecule has 2 aromatic heterocycles. The van der Waals surface area contributed by atoms with Crippen LogP contribution < -0.4 is 10.2 Å². The van der Waals surface area contributed by atoms with Gasteiger partial charge < -0.3 is 10.2 Å². The van der Waals surface area contributed by atoms with Gasteiger partial charge >= 0.3 is 6.18 Å². The number of carbonyl (C=O) groups is 1. The minimum Gasteiger partial charge on any atom is -0.363 e. The molecular formula is C14H15F3N4OS. The molecule has 2 heterocycles. The van der Waals surface area contributed by atoms with Gasteiger partial charge in [-0.05, 0) is 18.6 Å². The zero-order valence-corrected chi connectivity index (χ0v) is 13.5. The van der Waals surface area contributed by atoms with Crippen molar-refractivity contribution in [1.82, 2.24) is 15.3 Å². The average Bonchev–Trinajstić information content (AvgIpc) is 2.87. The van der Waals surface area contributed by atoms with Gasteiger partial charge in [-0.3, -0.25) is 4.79 Å². The summed E-state index contributed by atoms with van der Waals surface area (Å²) in [4.78, 5) is 21.4. The van der Waals surface area contributed by atoms with Crippen LogP contribution in [-0.2, 0) is 12.7 Å². The Kier molecular flexibility index (Phi) is 4.88. The molecule has 9 heteroatoms. The van der Waals surface area contributed by atoms with E-state index in [1.807, 2.05) is 19.0 Å². The van der Waals surface area contributed by atoms with E-state index in [0.29, 0.717) is 11.3 Å². The van der Waals surface area contributed by atoms with Gasteiger partial charge in [0.15, 0.2) is 5.01 Å². The van der Waals surface area contributed by atoms with Crippen molar-refractivity contribution >= 4 is 23.1 Å². The Morgan fingerprint density at radius 3 is 2.52 bits per heavy atom. The number of nitrogens with one attached hydrogen (secondary N) is 1. The summed E-state index contributed by atoms with van der Waals surface area (Å²) in [6, 6.07) is 3.59. The molecule has 0 fully saturated rings. The molecule has 23 heavy (non-hydrogen) atoms. The molecule has 0 aromatic carbocycles. The van der Waals surface area contributed by atoms with Crippen LogP contribution in [-0.4, -0.2) is 30.0 Å². The lowest BCUT2D eigenvalue weighted by molar-refractivity contribution is -0.137. The largest absolute Gasteiger partial charge is 0.443 e. The predicted molar refractivity (Wildman–Crippen MR) is 81.6 cm³/mol. The maximum absolute atomic E-state index is 12.6. The third kappa shape index (κ3) is 4.19. The van der Waals surface area contributed by atoms with Gasteiger partial charge in [-0.25, -0.2) is 9.97 Å². The van der Waals surface area contributed by atoms with Crippen LogP contribution >= 0.6 is 11.3 Å². The second-order valence-electron chi connectivity index (χ2n) is 5.03. The minimum atomic E-state index is -4.54. The SMILES string of the molecule is Cc1nc(C(F)(F)F)sc1C(=O)NCc1ccc(N(C)C)nc1. The van der Waals surface area contributed by atoms with Crippen LogP contribution in [0, 0.1) is 6.92 Å². The number of halogens is 3. The number of hydrogen-bond donors (Lipinski definition) is 1. The van der Waals surface area contributed by atoms with Crippen LogP contribution in [0.1, 0.15) is 25.9 Å². The molecule has 0 aliphatic carbocycles. The third-order valence-corrected chi connectivity index (χ3v) is 4.17. The molecule has 0 atom stereocenters. The third-order valence-electron chi connectivity index (χ3n) is 2.97. The Morgan fingerprint density at radius 1 is 1.35 bits per heavy atom. The van der Waals surface area contributed by atoms with Gasteiger partial charge in [0.25, 0.3) is 5.91 Å². The number of hydrogen-bond acceptors (Lipinski definition) is 5. The van der Waals surface area contributed by atoms with E-state index in [9.17, 15) is 18.0 Å². The van der Waals surface area contributed by atoms with Crippen molar-refractivity contribution in [3.05, 3.63) is 39.5 Å². The molecule has 1 amide bonds. The molecule has 2 rings (SSSR count). The number of rotatable bonds is 4. The standard InChI is InChI=1S/C14H15F3N4OS/c1-8-11(23-13(20-8)14(15,16)17)12(22)19-7-9-4-5-10(18-6-9)21(2)3/h4-6H,7H2,1-3H3,(H,19,22). The maximum atomic E-state index is 12.6. The first kappa shape index (κ1) is 17.2. The van der Waals surface area contributed by atoms with E-state index >= 15 is 0 Å². The van der Waals surface area contributed by atoms with E-state index in [2.05, 4.69) is 15.3 Å². The summed E-state index contributed by atoms with van der Waals surface area (Å²) < 4.78 is 37.8. The first-order valence-electron chi connectivity index (χ1n) is 6.63. The van der Waals surface area contributed by atoms with E-state index < -0.39 is 17.1 Å². The van der Waals surface area contributed by atoms with Crippen molar-refractivity contribution < 1.29 is 18.0 Å². The number of aromatic nitrogens is 2. The van der Waals surface area contributed by atoms with Crippen LogP contribution in [0.3, 0.4) is 0 Å². The Balaban J connectivity index is 2.04. The highest BCUT2D eigenvalue weighted by Crippen LogP contribution is 2.33. The number of anilines is 1. The smallest absolute Gasteiger partial charge is 0.363 e. The van der Waals surface area contributed by atoms with Crippen molar-refractivity contribution in [3.63, 3.8) is 0 Å². The van der Waals surface area contributed by atoms with Gasteiger partial charge in [-0.1, -0.05) is 6.07 Å². The van der Waals surface area contributed by atoms with Gasteiger partial charge in [0.2, 0.25) is 0 Å². The first-order valence-corrected chi connectivity index (χ1v) is 7.45. The molecule has 1 N–H and O–H groups in total. The van der Waals surface area contributed by atoms with Gasteiger partial charge in [0.1, 0.15) is 10.7 Å². The zero-order chi connectivity index (χ0) is 17.2. The summed E-state index contributed by atoms with van der Waals surface area (Å²) >= 11 is 0.346. The lowest BCUT2D eigenvalue weighted by atomic mass is 10.2. The number of amides is 1. The second-order valence-corrected chi connectivity index (χ2v) is 6.03. The summed E-state index contributed by atoms with van der Waals surface area (Å²) in [6.45, 7) is 1.56. The Hall–Kier alpha value is -2.16. The Bertz CT molecular complexity index is 695. The van der Waals surface area contributed by atoms with Gasteiger partial charge in [0.05, 0.1) is 5.69 Å². The average molecular weight is 344 g/mol. The molecule has 5 nitrogen and oxygen atoms in total. The molecule has 0 aliphatic rings. The highest BCUT2D eigenvalue weighted by atomic mass is 32.1. The van der Waals surface area contributed by atoms with Crippen molar-refractivity contribution in [2.45, 2.75) is 19.6 Å². The molecule has 0 radical (unpaired) electrons. The van der Waals surface area contributed by atoms with Gasteiger partial charge in [-0.2, -0.15) is 13.2 Å².